The second-order valence-corrected chi connectivity index (χ2v) is 3.69. The van der Waals surface area contributed by atoms with Gasteiger partial charge in [0.15, 0.2) is 0 Å². The summed E-state index contributed by atoms with van der Waals surface area (Å²) < 4.78 is 1.83. The van der Waals surface area contributed by atoms with Gasteiger partial charge < -0.3 is 4.98 Å². The Morgan fingerprint density at radius 3 is 2.15 bits per heavy atom. The van der Waals surface area contributed by atoms with Crippen LogP contribution >= 0.6 is 0 Å². The molecule has 0 aliphatic heterocycles. The molecule has 20 heavy (non-hydrogen) atoms. The lowest BCUT2D eigenvalue weighted by Gasteiger charge is -1.87. The molecule has 5 heteroatoms. The number of imidazole rings is 1. The summed E-state index contributed by atoms with van der Waals surface area (Å²) in [6, 6.07) is 13.7. The van der Waals surface area contributed by atoms with E-state index < -0.39 is 0 Å². The minimum atomic E-state index is 1.14. The van der Waals surface area contributed by atoms with E-state index in [4.69, 9.17) is 0 Å². The highest BCUT2D eigenvalue weighted by molar-refractivity contribution is 5.44. The Balaban J connectivity index is 0.000000117. The van der Waals surface area contributed by atoms with Crippen molar-refractivity contribution in [2.45, 2.75) is 0 Å². The molecular formula is C15H15N5. The quantitative estimate of drug-likeness (QED) is 0.532. The van der Waals surface area contributed by atoms with E-state index in [0.29, 0.717) is 0 Å². The summed E-state index contributed by atoms with van der Waals surface area (Å²) >= 11 is 0. The molecule has 0 aromatic carbocycles. The SMILES string of the molecule is c1c[nH]cn1.c1ccncc1.c1cnn2cccc2c1. The first kappa shape index (κ1) is 13.5. The molecule has 4 aromatic heterocycles. The predicted octanol–water partition coefficient (Wildman–Crippen LogP) is 2.83. The van der Waals surface area contributed by atoms with E-state index in [0.717, 1.165) is 5.52 Å². The fourth-order valence-corrected chi connectivity index (χ4v) is 1.40. The van der Waals surface area contributed by atoms with Gasteiger partial charge in [-0.15, -0.1) is 0 Å². The number of hydrogen-bond donors (Lipinski definition) is 1. The Hall–Kier alpha value is -2.95. The van der Waals surface area contributed by atoms with E-state index in [1.165, 1.54) is 0 Å². The molecule has 4 heterocycles. The van der Waals surface area contributed by atoms with Crippen molar-refractivity contribution in [3.8, 4) is 0 Å². The molecular weight excluding hydrogens is 250 g/mol. The smallest absolute Gasteiger partial charge is 0.0919 e. The highest BCUT2D eigenvalue weighted by atomic mass is 15.2. The molecule has 4 aromatic rings. The molecule has 4 rings (SSSR count). The normalized spacial score (nSPS) is 9.00. The molecule has 0 saturated heterocycles. The lowest BCUT2D eigenvalue weighted by molar-refractivity contribution is 0.941. The van der Waals surface area contributed by atoms with Crippen LogP contribution in [0.25, 0.3) is 5.52 Å². The van der Waals surface area contributed by atoms with Crippen LogP contribution in [0.4, 0.5) is 0 Å². The molecule has 0 spiro atoms. The number of nitrogens with one attached hydrogen (secondary N) is 1. The van der Waals surface area contributed by atoms with Crippen LogP contribution in [0.5, 0.6) is 0 Å². The Morgan fingerprint density at radius 1 is 0.800 bits per heavy atom. The third-order valence-electron chi connectivity index (χ3n) is 2.28. The maximum Gasteiger partial charge on any atom is 0.0919 e. The van der Waals surface area contributed by atoms with Gasteiger partial charge in [0.05, 0.1) is 11.8 Å². The van der Waals surface area contributed by atoms with Gasteiger partial charge in [0.25, 0.3) is 0 Å². The van der Waals surface area contributed by atoms with Gasteiger partial charge in [0.2, 0.25) is 0 Å². The second-order valence-electron chi connectivity index (χ2n) is 3.69. The van der Waals surface area contributed by atoms with Crippen molar-refractivity contribution in [1.82, 2.24) is 24.6 Å². The van der Waals surface area contributed by atoms with E-state index in [-0.39, 0.29) is 0 Å². The molecule has 0 fully saturated rings. The Morgan fingerprint density at radius 2 is 1.65 bits per heavy atom. The molecule has 5 nitrogen and oxygen atoms in total. The van der Waals surface area contributed by atoms with Gasteiger partial charge >= 0.3 is 0 Å². The van der Waals surface area contributed by atoms with E-state index in [2.05, 4.69) is 20.1 Å². The molecule has 1 N–H and O–H groups in total. The highest BCUT2D eigenvalue weighted by Gasteiger charge is 1.85. The Kier molecular flexibility index (Phi) is 5.53. The van der Waals surface area contributed by atoms with Gasteiger partial charge in [-0.2, -0.15) is 5.10 Å². The van der Waals surface area contributed by atoms with Crippen LogP contribution in [0.1, 0.15) is 0 Å². The van der Waals surface area contributed by atoms with Gasteiger partial charge in [0.1, 0.15) is 0 Å². The molecule has 0 unspecified atom stereocenters. The summed E-state index contributed by atoms with van der Waals surface area (Å²) in [5, 5.41) is 4.06. The molecule has 0 amide bonds. The first-order chi connectivity index (χ1) is 9.97. The predicted molar refractivity (Wildman–Crippen MR) is 78.0 cm³/mol. The van der Waals surface area contributed by atoms with Crippen molar-refractivity contribution in [2.24, 2.45) is 0 Å². The second kappa shape index (κ2) is 8.20. The monoisotopic (exact) mass is 265 g/mol. The summed E-state index contributed by atoms with van der Waals surface area (Å²) in [5.74, 6) is 0. The zero-order valence-corrected chi connectivity index (χ0v) is 10.9. The van der Waals surface area contributed by atoms with Gasteiger partial charge in [0, 0.05) is 37.2 Å². The highest BCUT2D eigenvalue weighted by Crippen LogP contribution is 1.98. The first-order valence-electron chi connectivity index (χ1n) is 6.13. The number of rotatable bonds is 0. The number of aromatic amines is 1. The number of nitrogens with zero attached hydrogens (tertiary/aromatic N) is 4. The summed E-state index contributed by atoms with van der Waals surface area (Å²) in [5.41, 5.74) is 1.14. The zero-order chi connectivity index (χ0) is 13.9. The maximum absolute atomic E-state index is 4.06. The number of fused-ring (bicyclic) bond motifs is 1. The van der Waals surface area contributed by atoms with Crippen molar-refractivity contribution < 1.29 is 0 Å². The molecule has 100 valence electrons. The van der Waals surface area contributed by atoms with Crippen molar-refractivity contribution in [3.63, 3.8) is 0 Å². The Labute approximate surface area is 117 Å². The van der Waals surface area contributed by atoms with Crippen molar-refractivity contribution >= 4 is 5.52 Å². The van der Waals surface area contributed by atoms with Crippen molar-refractivity contribution in [2.75, 3.05) is 0 Å². The zero-order valence-electron chi connectivity index (χ0n) is 10.9. The van der Waals surface area contributed by atoms with E-state index in [9.17, 15) is 0 Å². The summed E-state index contributed by atoms with van der Waals surface area (Å²) in [6.45, 7) is 0. The van der Waals surface area contributed by atoms with Crippen LogP contribution in [0.2, 0.25) is 0 Å². The topological polar surface area (TPSA) is 58.9 Å². The number of hydrogen-bond acceptors (Lipinski definition) is 3. The van der Waals surface area contributed by atoms with Gasteiger partial charge in [-0.1, -0.05) is 6.07 Å². The fourth-order valence-electron chi connectivity index (χ4n) is 1.40. The van der Waals surface area contributed by atoms with Crippen LogP contribution in [-0.2, 0) is 0 Å². The summed E-state index contributed by atoms with van der Waals surface area (Å²) in [7, 11) is 0. The average molecular weight is 265 g/mol. The third kappa shape index (κ3) is 4.73. The molecule has 0 radical (unpaired) electrons. The molecule has 0 saturated carbocycles. The largest absolute Gasteiger partial charge is 0.351 e. The minimum Gasteiger partial charge on any atom is -0.351 e. The molecule has 0 bridgehead atoms. The van der Waals surface area contributed by atoms with Gasteiger partial charge in [-0.25, -0.2) is 9.50 Å². The number of aromatic nitrogens is 5. The molecule has 0 aliphatic rings. The standard InChI is InChI=1S/C7H6N2.C5H5N.C3H4N2/c1-3-7-4-2-6-9(7)8-5-1;1-2-4-6-5-3-1;1-2-5-3-4-1/h1-6H;1-5H;1-3H,(H,4,5). The summed E-state index contributed by atoms with van der Waals surface area (Å²) in [4.78, 5) is 10.2. The van der Waals surface area contributed by atoms with E-state index >= 15 is 0 Å². The lowest BCUT2D eigenvalue weighted by atomic mass is 10.5. The van der Waals surface area contributed by atoms with Gasteiger partial charge in [-0.05, 0) is 36.4 Å². The molecule has 0 aliphatic carbocycles. The minimum absolute atomic E-state index is 1.14. The van der Waals surface area contributed by atoms with Crippen LogP contribution in [-0.4, -0.2) is 24.6 Å². The molecule has 0 atom stereocenters. The van der Waals surface area contributed by atoms with E-state index in [1.54, 1.807) is 37.3 Å². The number of pyridine rings is 1. The van der Waals surface area contributed by atoms with Crippen molar-refractivity contribution in [3.05, 3.63) is 86.0 Å². The average Bonchev–Trinajstić information content (AvgIpc) is 3.24. The number of H-pyrrole nitrogens is 1. The van der Waals surface area contributed by atoms with Crippen LogP contribution in [0.3, 0.4) is 0 Å². The lowest BCUT2D eigenvalue weighted by Crippen LogP contribution is -1.84. The van der Waals surface area contributed by atoms with Crippen LogP contribution in [0.15, 0.2) is 86.0 Å². The summed E-state index contributed by atoms with van der Waals surface area (Å²) in [6.07, 6.45) is 12.3. The Bertz CT molecular complexity index is 599. The maximum atomic E-state index is 4.06. The third-order valence-corrected chi connectivity index (χ3v) is 2.28. The van der Waals surface area contributed by atoms with E-state index in [1.807, 2.05) is 53.2 Å². The van der Waals surface area contributed by atoms with Crippen LogP contribution < -0.4 is 0 Å². The fraction of sp³-hybridized carbons (Fsp3) is 0. The van der Waals surface area contributed by atoms with Crippen molar-refractivity contribution in [1.29, 1.82) is 0 Å². The first-order valence-corrected chi connectivity index (χ1v) is 6.13. The van der Waals surface area contributed by atoms with Gasteiger partial charge in [-0.3, -0.25) is 4.98 Å². The van der Waals surface area contributed by atoms with Crippen LogP contribution in [0, 0.1) is 0 Å².